The zero-order chi connectivity index (χ0) is 25.0. The first kappa shape index (κ1) is 25.8. The second-order valence-corrected chi connectivity index (χ2v) is 9.09. The Morgan fingerprint density at radius 2 is 1.97 bits per heavy atom. The van der Waals surface area contributed by atoms with Gasteiger partial charge in [-0.05, 0) is 69.8 Å². The van der Waals surface area contributed by atoms with E-state index in [1.807, 2.05) is 51.0 Å². The number of anilines is 1. The normalized spacial score (nSPS) is 17.6. The Morgan fingerprint density at radius 3 is 2.62 bits per heavy atom. The predicted octanol–water partition coefficient (Wildman–Crippen LogP) is 3.22. The average molecular weight is 498 g/mol. The van der Waals surface area contributed by atoms with Gasteiger partial charge in [-0.3, -0.25) is 15.6 Å². The van der Waals surface area contributed by atoms with Crippen LogP contribution in [0.25, 0.3) is 0 Å². The maximum atomic E-state index is 13.9. The van der Waals surface area contributed by atoms with Crippen molar-refractivity contribution in [3.63, 3.8) is 0 Å². The number of hydrogen-bond acceptors (Lipinski definition) is 5. The van der Waals surface area contributed by atoms with Crippen molar-refractivity contribution in [2.45, 2.75) is 44.9 Å². The molecular weight excluding hydrogens is 467 g/mol. The van der Waals surface area contributed by atoms with E-state index in [1.54, 1.807) is 0 Å². The van der Waals surface area contributed by atoms with E-state index in [0.29, 0.717) is 6.54 Å². The van der Waals surface area contributed by atoms with Gasteiger partial charge in [-0.15, -0.1) is 0 Å². The lowest BCUT2D eigenvalue weighted by molar-refractivity contribution is -0.173. The highest BCUT2D eigenvalue weighted by Gasteiger charge is 2.46. The summed E-state index contributed by atoms with van der Waals surface area (Å²) in [6, 6.07) is 4.49. The van der Waals surface area contributed by atoms with Crippen molar-refractivity contribution in [1.29, 1.82) is 0 Å². The number of aryl methyl sites for hydroxylation is 2. The predicted molar refractivity (Wildman–Crippen MR) is 129 cm³/mol. The number of benzene rings is 1. The van der Waals surface area contributed by atoms with Crippen molar-refractivity contribution in [3.05, 3.63) is 46.6 Å². The Bertz CT molecular complexity index is 1040. The van der Waals surface area contributed by atoms with Crippen LogP contribution in [0.4, 0.5) is 19.0 Å². The molecule has 3 rings (SSSR count). The van der Waals surface area contributed by atoms with Crippen molar-refractivity contribution in [2.24, 2.45) is 0 Å². The van der Waals surface area contributed by atoms with Crippen LogP contribution in [0.1, 0.15) is 52.1 Å². The maximum Gasteiger partial charge on any atom is 0.410 e. The van der Waals surface area contributed by atoms with E-state index < -0.39 is 24.2 Å². The molecule has 4 N–H and O–H groups in total. The number of hydrogen-bond donors (Lipinski definition) is 4. The van der Waals surface area contributed by atoms with Gasteiger partial charge in [0.1, 0.15) is 5.82 Å². The minimum atomic E-state index is -4.52. The number of halogens is 3. The molecule has 2 atom stereocenters. The van der Waals surface area contributed by atoms with E-state index in [2.05, 4.69) is 26.6 Å². The number of amides is 1. The zero-order valence-corrected chi connectivity index (χ0v) is 20.4. The van der Waals surface area contributed by atoms with Crippen molar-refractivity contribution in [2.75, 3.05) is 32.5 Å². The quantitative estimate of drug-likeness (QED) is 0.277. The lowest BCUT2D eigenvalue weighted by Crippen LogP contribution is -2.47. The number of hydrazine groups is 1. The molecule has 1 amide bonds. The molecule has 0 spiro atoms. The van der Waals surface area contributed by atoms with Gasteiger partial charge >= 0.3 is 6.18 Å². The van der Waals surface area contributed by atoms with Crippen LogP contribution in [0.5, 0.6) is 0 Å². The van der Waals surface area contributed by atoms with E-state index in [4.69, 9.17) is 12.2 Å². The first-order valence-corrected chi connectivity index (χ1v) is 11.4. The minimum absolute atomic E-state index is 0.131. The van der Waals surface area contributed by atoms with Gasteiger partial charge in [0.25, 0.3) is 5.91 Å². The summed E-state index contributed by atoms with van der Waals surface area (Å²) in [5, 5.41) is 10.2. The summed E-state index contributed by atoms with van der Waals surface area (Å²) in [7, 11) is 3.92. The Labute approximate surface area is 202 Å². The third-order valence-electron chi connectivity index (χ3n) is 5.71. The highest BCUT2D eigenvalue weighted by Crippen LogP contribution is 2.43. The molecule has 2 aromatic rings. The molecule has 0 unspecified atom stereocenters. The van der Waals surface area contributed by atoms with Crippen LogP contribution in [0.2, 0.25) is 0 Å². The Hall–Kier alpha value is -2.86. The number of fused-ring (bicyclic) bond motifs is 1. The number of nitrogens with zero attached hydrogens (tertiary/aromatic N) is 3. The number of thiocarbonyl (C=S) groups is 1. The summed E-state index contributed by atoms with van der Waals surface area (Å²) in [4.78, 5) is 14.6. The van der Waals surface area contributed by atoms with E-state index in [1.165, 1.54) is 6.07 Å². The first-order valence-electron chi connectivity index (χ1n) is 10.9. The summed E-state index contributed by atoms with van der Waals surface area (Å²) in [6.45, 7) is 5.35. The number of aromatic nitrogens is 2. The fourth-order valence-corrected chi connectivity index (χ4v) is 3.86. The Morgan fingerprint density at radius 1 is 1.24 bits per heavy atom. The number of carbonyl (C=O) groups excluding carboxylic acids is 1. The maximum absolute atomic E-state index is 13.9. The molecule has 186 valence electrons. The first-order chi connectivity index (χ1) is 16.0. The molecule has 1 aromatic carbocycles. The van der Waals surface area contributed by atoms with Gasteiger partial charge < -0.3 is 15.5 Å². The molecule has 34 heavy (non-hydrogen) atoms. The van der Waals surface area contributed by atoms with Crippen LogP contribution in [0.15, 0.2) is 24.3 Å². The topological polar surface area (TPSA) is 86.2 Å². The van der Waals surface area contributed by atoms with Crippen molar-refractivity contribution in [1.82, 2.24) is 30.8 Å². The van der Waals surface area contributed by atoms with Crippen LogP contribution in [0.3, 0.4) is 0 Å². The van der Waals surface area contributed by atoms with Gasteiger partial charge in [0.2, 0.25) is 0 Å². The molecule has 12 heteroatoms. The minimum Gasteiger partial charge on any atom is -0.363 e. The van der Waals surface area contributed by atoms with Gasteiger partial charge in [0.15, 0.2) is 16.8 Å². The molecule has 1 aliphatic rings. The summed E-state index contributed by atoms with van der Waals surface area (Å²) in [5.41, 5.74) is 7.60. The third-order valence-corrected chi connectivity index (χ3v) is 5.96. The molecule has 0 fully saturated rings. The molecule has 1 aromatic heterocycles. The molecule has 0 saturated heterocycles. The molecule has 0 radical (unpaired) electrons. The third kappa shape index (κ3) is 6.38. The summed E-state index contributed by atoms with van der Waals surface area (Å²) in [5.74, 6) is -0.559. The van der Waals surface area contributed by atoms with Crippen LogP contribution < -0.4 is 21.5 Å². The standard InChI is InChI=1S/C22H30F3N7OS/c1-13-6-7-15(10-14(13)2)16-11-18(22(23,24)25)32-19(27-16)12-17(30-32)20(33)28-29-21(34)26-8-5-9-31(3)4/h6-7,10,12,16,18,27H,5,8-9,11H2,1-4H3,(H,28,33)(H2,26,29,34)/t16-,18+/m0/s1. The molecule has 0 aliphatic carbocycles. The molecule has 0 saturated carbocycles. The number of alkyl halides is 3. The molecule has 0 bridgehead atoms. The smallest absolute Gasteiger partial charge is 0.363 e. The Balaban J connectivity index is 1.70. The van der Waals surface area contributed by atoms with E-state index >= 15 is 0 Å². The fourth-order valence-electron chi connectivity index (χ4n) is 3.70. The van der Waals surface area contributed by atoms with Crippen LogP contribution in [-0.2, 0) is 0 Å². The average Bonchev–Trinajstić information content (AvgIpc) is 3.19. The molecule has 1 aliphatic heterocycles. The van der Waals surface area contributed by atoms with E-state index in [0.717, 1.165) is 34.3 Å². The van der Waals surface area contributed by atoms with Crippen molar-refractivity contribution >= 4 is 29.1 Å². The monoisotopic (exact) mass is 497 g/mol. The number of carbonyl (C=O) groups is 1. The SMILES string of the molecule is Cc1ccc([C@@H]2C[C@H](C(F)(F)F)n3nc(C(=O)NNC(=S)NCCCN(C)C)cc3N2)cc1C. The summed E-state index contributed by atoms with van der Waals surface area (Å²) in [6.07, 6.45) is -3.91. The lowest BCUT2D eigenvalue weighted by atomic mass is 9.94. The van der Waals surface area contributed by atoms with Crippen LogP contribution >= 0.6 is 12.2 Å². The van der Waals surface area contributed by atoms with E-state index in [9.17, 15) is 18.0 Å². The highest BCUT2D eigenvalue weighted by molar-refractivity contribution is 7.80. The summed E-state index contributed by atoms with van der Waals surface area (Å²) < 4.78 is 42.5. The van der Waals surface area contributed by atoms with Crippen molar-refractivity contribution < 1.29 is 18.0 Å². The van der Waals surface area contributed by atoms with Gasteiger partial charge in [0.05, 0.1) is 6.04 Å². The zero-order valence-electron chi connectivity index (χ0n) is 19.6. The molecule has 2 heterocycles. The molecular formula is C22H30F3N7OS. The van der Waals surface area contributed by atoms with Crippen molar-refractivity contribution in [3.8, 4) is 0 Å². The number of nitrogens with one attached hydrogen (secondary N) is 4. The largest absolute Gasteiger partial charge is 0.410 e. The van der Waals surface area contributed by atoms with Gasteiger partial charge in [-0.25, -0.2) is 4.68 Å². The second kappa shape index (κ2) is 10.6. The van der Waals surface area contributed by atoms with Gasteiger partial charge in [-0.1, -0.05) is 18.2 Å². The number of rotatable bonds is 6. The van der Waals surface area contributed by atoms with Gasteiger partial charge in [0, 0.05) is 19.0 Å². The summed E-state index contributed by atoms with van der Waals surface area (Å²) >= 11 is 5.11. The fraction of sp³-hybridized carbons (Fsp3) is 0.500. The van der Waals surface area contributed by atoms with E-state index in [-0.39, 0.29) is 23.0 Å². The second-order valence-electron chi connectivity index (χ2n) is 8.68. The van der Waals surface area contributed by atoms with Crippen LogP contribution in [0, 0.1) is 13.8 Å². The van der Waals surface area contributed by atoms with Crippen LogP contribution in [-0.4, -0.2) is 59.1 Å². The Kier molecular flexibility index (Phi) is 8.03. The lowest BCUT2D eigenvalue weighted by Gasteiger charge is -2.33. The highest BCUT2D eigenvalue weighted by atomic mass is 32.1. The molecule has 8 nitrogen and oxygen atoms in total. The van der Waals surface area contributed by atoms with Gasteiger partial charge in [-0.2, -0.15) is 18.3 Å².